The second-order valence-electron chi connectivity index (χ2n) is 4.10. The molecule has 1 atom stereocenters. The van der Waals surface area contributed by atoms with Crippen molar-refractivity contribution in [3.05, 3.63) is 22.7 Å². The van der Waals surface area contributed by atoms with Crippen LogP contribution in [-0.2, 0) is 0 Å². The SMILES string of the molecule is CCC1CCCN(c2ncc[nH]c2=O)C1. The van der Waals surface area contributed by atoms with Gasteiger partial charge in [-0.15, -0.1) is 0 Å². The van der Waals surface area contributed by atoms with Gasteiger partial charge in [0.1, 0.15) is 0 Å². The van der Waals surface area contributed by atoms with Crippen LogP contribution in [0, 0.1) is 5.92 Å². The zero-order valence-electron chi connectivity index (χ0n) is 9.07. The number of rotatable bonds is 2. The molecule has 1 aliphatic heterocycles. The average Bonchev–Trinajstić information content (AvgIpc) is 2.30. The summed E-state index contributed by atoms with van der Waals surface area (Å²) < 4.78 is 0. The summed E-state index contributed by atoms with van der Waals surface area (Å²) in [7, 11) is 0. The summed E-state index contributed by atoms with van der Waals surface area (Å²) in [6, 6.07) is 0. The van der Waals surface area contributed by atoms with Gasteiger partial charge in [-0.3, -0.25) is 4.79 Å². The predicted molar refractivity (Wildman–Crippen MR) is 60.1 cm³/mol. The minimum atomic E-state index is -0.0748. The lowest BCUT2D eigenvalue weighted by atomic mass is 9.96. The number of H-pyrrole nitrogens is 1. The van der Waals surface area contributed by atoms with Gasteiger partial charge < -0.3 is 9.88 Å². The summed E-state index contributed by atoms with van der Waals surface area (Å²) in [5.41, 5.74) is -0.0748. The summed E-state index contributed by atoms with van der Waals surface area (Å²) in [5.74, 6) is 1.29. The van der Waals surface area contributed by atoms with Gasteiger partial charge in [0, 0.05) is 25.5 Å². The maximum atomic E-state index is 11.6. The van der Waals surface area contributed by atoms with Gasteiger partial charge in [0.25, 0.3) is 5.56 Å². The molecule has 1 aliphatic rings. The van der Waals surface area contributed by atoms with Gasteiger partial charge in [-0.1, -0.05) is 13.3 Å². The maximum Gasteiger partial charge on any atom is 0.290 e. The molecule has 2 heterocycles. The molecule has 82 valence electrons. The smallest absolute Gasteiger partial charge is 0.290 e. The Morgan fingerprint density at radius 1 is 1.67 bits per heavy atom. The van der Waals surface area contributed by atoms with E-state index in [4.69, 9.17) is 0 Å². The van der Waals surface area contributed by atoms with Gasteiger partial charge in [-0.05, 0) is 18.8 Å². The van der Waals surface area contributed by atoms with Crippen molar-refractivity contribution in [3.63, 3.8) is 0 Å². The van der Waals surface area contributed by atoms with Crippen molar-refractivity contribution in [2.24, 2.45) is 5.92 Å². The fourth-order valence-electron chi connectivity index (χ4n) is 2.16. The fraction of sp³-hybridized carbons (Fsp3) is 0.636. The lowest BCUT2D eigenvalue weighted by Gasteiger charge is -2.32. The molecule has 4 heteroatoms. The molecule has 1 N–H and O–H groups in total. The van der Waals surface area contributed by atoms with Crippen molar-refractivity contribution in [1.82, 2.24) is 9.97 Å². The normalized spacial score (nSPS) is 21.7. The van der Waals surface area contributed by atoms with E-state index < -0.39 is 0 Å². The standard InChI is InChI=1S/C11H17N3O/c1-2-9-4-3-7-14(8-9)10-11(15)13-6-5-12-10/h5-6,9H,2-4,7-8H2,1H3,(H,13,15). The molecule has 1 unspecified atom stereocenters. The Balaban J connectivity index is 2.17. The van der Waals surface area contributed by atoms with Crippen molar-refractivity contribution in [3.8, 4) is 0 Å². The Kier molecular flexibility index (Phi) is 3.04. The average molecular weight is 207 g/mol. The molecule has 0 amide bonds. The molecule has 0 saturated carbocycles. The first kappa shape index (κ1) is 10.2. The molecule has 2 rings (SSSR count). The van der Waals surface area contributed by atoms with Crippen LogP contribution in [0.4, 0.5) is 5.82 Å². The van der Waals surface area contributed by atoms with Gasteiger partial charge in [-0.25, -0.2) is 4.98 Å². The van der Waals surface area contributed by atoms with Gasteiger partial charge in [-0.2, -0.15) is 0 Å². The van der Waals surface area contributed by atoms with Gasteiger partial charge in [0.2, 0.25) is 0 Å². The van der Waals surface area contributed by atoms with E-state index in [9.17, 15) is 4.79 Å². The molecule has 0 spiro atoms. The van der Waals surface area contributed by atoms with E-state index in [1.165, 1.54) is 12.8 Å². The number of piperidine rings is 1. The summed E-state index contributed by atoms with van der Waals surface area (Å²) in [5, 5.41) is 0. The molecular formula is C11H17N3O. The van der Waals surface area contributed by atoms with Gasteiger partial charge >= 0.3 is 0 Å². The van der Waals surface area contributed by atoms with E-state index in [2.05, 4.69) is 21.8 Å². The van der Waals surface area contributed by atoms with Gasteiger partial charge in [0.15, 0.2) is 5.82 Å². The Bertz CT molecular complexity index is 374. The second-order valence-corrected chi connectivity index (χ2v) is 4.10. The number of hydrogen-bond acceptors (Lipinski definition) is 3. The minimum Gasteiger partial charge on any atom is -0.352 e. The number of nitrogens with zero attached hydrogens (tertiary/aromatic N) is 2. The molecule has 4 nitrogen and oxygen atoms in total. The molecule has 0 aromatic carbocycles. The van der Waals surface area contributed by atoms with Crippen molar-refractivity contribution in [1.29, 1.82) is 0 Å². The third-order valence-electron chi connectivity index (χ3n) is 3.08. The van der Waals surface area contributed by atoms with Crippen LogP contribution in [-0.4, -0.2) is 23.1 Å². The molecule has 15 heavy (non-hydrogen) atoms. The van der Waals surface area contributed by atoms with Crippen LogP contribution in [0.3, 0.4) is 0 Å². The first-order valence-corrected chi connectivity index (χ1v) is 5.60. The maximum absolute atomic E-state index is 11.6. The van der Waals surface area contributed by atoms with E-state index in [-0.39, 0.29) is 5.56 Å². The first-order valence-electron chi connectivity index (χ1n) is 5.60. The highest BCUT2D eigenvalue weighted by Gasteiger charge is 2.20. The van der Waals surface area contributed by atoms with E-state index in [0.29, 0.717) is 11.7 Å². The largest absolute Gasteiger partial charge is 0.352 e. The summed E-state index contributed by atoms with van der Waals surface area (Å²) in [6.07, 6.45) is 6.84. The Morgan fingerprint density at radius 3 is 3.27 bits per heavy atom. The van der Waals surface area contributed by atoms with Crippen LogP contribution in [0.15, 0.2) is 17.2 Å². The third kappa shape index (κ3) is 2.19. The highest BCUT2D eigenvalue weighted by Crippen LogP contribution is 2.21. The predicted octanol–water partition coefficient (Wildman–Crippen LogP) is 1.40. The number of hydrogen-bond donors (Lipinski definition) is 1. The Labute approximate surface area is 89.3 Å². The van der Waals surface area contributed by atoms with Crippen molar-refractivity contribution >= 4 is 5.82 Å². The first-order chi connectivity index (χ1) is 7.31. The number of anilines is 1. The molecule has 1 aromatic heterocycles. The van der Waals surface area contributed by atoms with Crippen LogP contribution in [0.25, 0.3) is 0 Å². The highest BCUT2D eigenvalue weighted by molar-refractivity contribution is 5.35. The topological polar surface area (TPSA) is 49.0 Å². The van der Waals surface area contributed by atoms with Crippen LogP contribution in [0.2, 0.25) is 0 Å². The van der Waals surface area contributed by atoms with E-state index in [1.807, 2.05) is 0 Å². The molecule has 1 fully saturated rings. The molecule has 0 radical (unpaired) electrons. The lowest BCUT2D eigenvalue weighted by Crippen LogP contribution is -2.38. The highest BCUT2D eigenvalue weighted by atomic mass is 16.1. The lowest BCUT2D eigenvalue weighted by molar-refractivity contribution is 0.402. The van der Waals surface area contributed by atoms with Crippen LogP contribution < -0.4 is 10.5 Å². The van der Waals surface area contributed by atoms with Crippen molar-refractivity contribution < 1.29 is 0 Å². The quantitative estimate of drug-likeness (QED) is 0.797. The summed E-state index contributed by atoms with van der Waals surface area (Å²) >= 11 is 0. The van der Waals surface area contributed by atoms with E-state index >= 15 is 0 Å². The Morgan fingerprint density at radius 2 is 2.53 bits per heavy atom. The molecule has 1 aromatic rings. The Hall–Kier alpha value is -1.32. The fourth-order valence-corrected chi connectivity index (χ4v) is 2.16. The zero-order valence-corrected chi connectivity index (χ0v) is 9.07. The van der Waals surface area contributed by atoms with Crippen molar-refractivity contribution in [2.45, 2.75) is 26.2 Å². The number of aromatic nitrogens is 2. The second kappa shape index (κ2) is 4.47. The van der Waals surface area contributed by atoms with Crippen LogP contribution in [0.5, 0.6) is 0 Å². The third-order valence-corrected chi connectivity index (χ3v) is 3.08. The summed E-state index contributed by atoms with van der Waals surface area (Å²) in [6.45, 7) is 4.13. The summed E-state index contributed by atoms with van der Waals surface area (Å²) in [4.78, 5) is 20.5. The van der Waals surface area contributed by atoms with E-state index in [1.54, 1.807) is 12.4 Å². The van der Waals surface area contributed by atoms with Crippen LogP contribution in [0.1, 0.15) is 26.2 Å². The molecular weight excluding hydrogens is 190 g/mol. The molecule has 1 saturated heterocycles. The zero-order chi connectivity index (χ0) is 10.7. The van der Waals surface area contributed by atoms with Crippen molar-refractivity contribution in [2.75, 3.05) is 18.0 Å². The van der Waals surface area contributed by atoms with E-state index in [0.717, 1.165) is 19.5 Å². The van der Waals surface area contributed by atoms with Gasteiger partial charge in [0.05, 0.1) is 0 Å². The van der Waals surface area contributed by atoms with Crippen LogP contribution >= 0.6 is 0 Å². The molecule has 0 bridgehead atoms. The number of aromatic amines is 1. The molecule has 0 aliphatic carbocycles. The number of nitrogens with one attached hydrogen (secondary N) is 1. The monoisotopic (exact) mass is 207 g/mol. The minimum absolute atomic E-state index is 0.0748.